The van der Waals surface area contributed by atoms with Crippen molar-refractivity contribution in [3.63, 3.8) is 0 Å². The van der Waals surface area contributed by atoms with Gasteiger partial charge < -0.3 is 15.0 Å². The van der Waals surface area contributed by atoms with E-state index in [9.17, 15) is 13.8 Å². The van der Waals surface area contributed by atoms with Gasteiger partial charge in [-0.3, -0.25) is 14.3 Å². The monoisotopic (exact) mass is 613 g/mol. The summed E-state index contributed by atoms with van der Waals surface area (Å²) in [5.41, 5.74) is 3.03. The van der Waals surface area contributed by atoms with Crippen molar-refractivity contribution < 1.29 is 18.5 Å². The number of imide groups is 1. The Morgan fingerprint density at radius 2 is 1.95 bits per heavy atom. The van der Waals surface area contributed by atoms with Gasteiger partial charge in [0.05, 0.1) is 22.5 Å². The second kappa shape index (κ2) is 11.5. The van der Waals surface area contributed by atoms with E-state index in [1.165, 1.54) is 18.4 Å². The van der Waals surface area contributed by atoms with Gasteiger partial charge in [-0.05, 0) is 43.2 Å². The Bertz CT molecular complexity index is 1330. The second-order valence-corrected chi connectivity index (χ2v) is 13.4. The molecule has 15 heteroatoms. The van der Waals surface area contributed by atoms with Crippen LogP contribution in [0.15, 0.2) is 23.4 Å². The topological polar surface area (TPSA) is 139 Å². The van der Waals surface area contributed by atoms with Crippen LogP contribution >= 0.6 is 34.8 Å². The van der Waals surface area contributed by atoms with Crippen molar-refractivity contribution in [1.29, 1.82) is 0 Å². The number of ether oxygens (including phenoxy) is 1. The van der Waals surface area contributed by atoms with Crippen LogP contribution in [0.3, 0.4) is 0 Å². The summed E-state index contributed by atoms with van der Waals surface area (Å²) >= 11 is 16.3. The van der Waals surface area contributed by atoms with Crippen molar-refractivity contribution in [2.24, 2.45) is 0 Å². The second-order valence-electron chi connectivity index (χ2n) is 9.58. The van der Waals surface area contributed by atoms with Crippen molar-refractivity contribution in [3.05, 3.63) is 35.6 Å². The van der Waals surface area contributed by atoms with Crippen molar-refractivity contribution in [3.8, 4) is 0 Å². The first-order valence-electron chi connectivity index (χ1n) is 12.5. The van der Waals surface area contributed by atoms with E-state index < -0.39 is 32.6 Å². The van der Waals surface area contributed by atoms with Crippen LogP contribution in [0, 0.1) is 0 Å². The van der Waals surface area contributed by atoms with Gasteiger partial charge in [0, 0.05) is 37.7 Å². The summed E-state index contributed by atoms with van der Waals surface area (Å²) in [5, 5.41) is 5.02. The van der Waals surface area contributed by atoms with Crippen LogP contribution in [-0.2, 0) is 26.8 Å². The van der Waals surface area contributed by atoms with Gasteiger partial charge in [-0.2, -0.15) is 4.98 Å². The number of alkyl carbamates (subject to hydrolysis) is 1. The summed E-state index contributed by atoms with van der Waals surface area (Å²) in [7, 11) is -1.24. The molecule has 0 saturated heterocycles. The summed E-state index contributed by atoms with van der Waals surface area (Å²) in [6.45, 7) is 2.88. The predicted molar refractivity (Wildman–Crippen MR) is 149 cm³/mol. The molecule has 1 unspecified atom stereocenters. The van der Waals surface area contributed by atoms with Crippen molar-refractivity contribution in [1.82, 2.24) is 25.3 Å². The quantitative estimate of drug-likeness (QED) is 0.445. The first-order valence-corrected chi connectivity index (χ1v) is 14.9. The van der Waals surface area contributed by atoms with Gasteiger partial charge >= 0.3 is 6.09 Å². The summed E-state index contributed by atoms with van der Waals surface area (Å²) in [4.78, 5) is 44.6. The van der Waals surface area contributed by atoms with Gasteiger partial charge in [0.15, 0.2) is 5.82 Å². The molecule has 2 aromatic heterocycles. The molecule has 2 atom stereocenters. The smallest absolute Gasteiger partial charge is 0.414 e. The lowest BCUT2D eigenvalue weighted by atomic mass is 10.1. The Balaban J connectivity index is 1.24. The summed E-state index contributed by atoms with van der Waals surface area (Å²) < 4.78 is 15.5. The molecule has 39 heavy (non-hydrogen) atoms. The molecule has 0 radical (unpaired) electrons. The molecular weight excluding hydrogens is 589 g/mol. The minimum atomic E-state index is -2.29. The SMILES string of the molecule is CC(COC(=O)NC(=O)C(Cl)(Cl)Cl)Nc1nc(N2CC=C(c3ncc(C4CC4)cn3)CC2)nc2c1[S@](=O)CC2. The zero-order valence-electron chi connectivity index (χ0n) is 21.0. The Morgan fingerprint density at radius 3 is 2.59 bits per heavy atom. The fraction of sp³-hybridized carbons (Fsp3) is 0.500. The van der Waals surface area contributed by atoms with Crippen molar-refractivity contribution >= 4 is 74.9 Å². The van der Waals surface area contributed by atoms with E-state index in [0.29, 0.717) is 47.8 Å². The highest BCUT2D eigenvalue weighted by molar-refractivity contribution is 7.85. The molecule has 1 fully saturated rings. The molecule has 4 heterocycles. The van der Waals surface area contributed by atoms with Crippen LogP contribution in [0.5, 0.6) is 0 Å². The number of anilines is 2. The number of amides is 2. The number of aryl methyl sites for hydroxylation is 1. The molecule has 3 aliphatic rings. The lowest BCUT2D eigenvalue weighted by Crippen LogP contribution is -2.40. The van der Waals surface area contributed by atoms with E-state index >= 15 is 0 Å². The fourth-order valence-corrected chi connectivity index (χ4v) is 5.74. The molecule has 1 aliphatic carbocycles. The van der Waals surface area contributed by atoms with Gasteiger partial charge in [-0.15, -0.1) is 0 Å². The summed E-state index contributed by atoms with van der Waals surface area (Å²) in [6.07, 6.45) is 8.64. The van der Waals surface area contributed by atoms with E-state index in [-0.39, 0.29) is 6.61 Å². The highest BCUT2D eigenvalue weighted by Crippen LogP contribution is 2.39. The number of carbonyl (C=O) groups excluding carboxylic acids is 2. The third-order valence-electron chi connectivity index (χ3n) is 6.50. The lowest BCUT2D eigenvalue weighted by molar-refractivity contribution is -0.119. The van der Waals surface area contributed by atoms with Crippen LogP contribution in [0.1, 0.15) is 49.2 Å². The number of carbonyl (C=O) groups is 2. The molecule has 2 N–H and O–H groups in total. The number of nitrogens with one attached hydrogen (secondary N) is 2. The van der Waals surface area contributed by atoms with Gasteiger partial charge in [0.25, 0.3) is 9.70 Å². The van der Waals surface area contributed by atoms with E-state index in [4.69, 9.17) is 44.5 Å². The standard InChI is InChI=1S/C24H26Cl3N7O4S/c1-13(12-38-23(36)33-21(35)24(25,26)27)30-20-18-17(6-9-39(18)37)31-22(32-20)34-7-4-15(5-8-34)19-28-10-16(11-29-19)14-2-3-14/h4,10-11,13-14H,2-3,5-9,12H2,1H3,(H,30,31,32)(H,33,35,36)/t13?,39-/m1/s1. The number of nitrogens with zero attached hydrogens (tertiary/aromatic N) is 5. The van der Waals surface area contributed by atoms with Crippen molar-refractivity contribution in [2.45, 2.75) is 53.3 Å². The van der Waals surface area contributed by atoms with Crippen LogP contribution in [0.4, 0.5) is 16.6 Å². The molecule has 2 aromatic rings. The van der Waals surface area contributed by atoms with Crippen LogP contribution in [-0.4, -0.2) is 71.4 Å². The van der Waals surface area contributed by atoms with Gasteiger partial charge in [0.1, 0.15) is 17.3 Å². The van der Waals surface area contributed by atoms with E-state index in [1.54, 1.807) is 6.92 Å². The number of fused-ring (bicyclic) bond motifs is 1. The Hall–Kier alpha value is -2.54. The first-order chi connectivity index (χ1) is 18.6. The highest BCUT2D eigenvalue weighted by Gasteiger charge is 2.33. The molecule has 11 nitrogen and oxygen atoms in total. The third kappa shape index (κ3) is 6.79. The van der Waals surface area contributed by atoms with Crippen LogP contribution in [0.25, 0.3) is 5.57 Å². The summed E-state index contributed by atoms with van der Waals surface area (Å²) in [6, 6.07) is -0.438. The number of hydrogen-bond acceptors (Lipinski definition) is 10. The number of halogens is 3. The first kappa shape index (κ1) is 28.0. The van der Waals surface area contributed by atoms with Gasteiger partial charge in [-0.1, -0.05) is 40.9 Å². The summed E-state index contributed by atoms with van der Waals surface area (Å²) in [5.74, 6) is 1.66. The van der Waals surface area contributed by atoms with Crippen LogP contribution < -0.4 is 15.5 Å². The normalized spacial score (nSPS) is 19.6. The molecule has 2 amide bonds. The van der Waals surface area contributed by atoms with Crippen LogP contribution in [0.2, 0.25) is 0 Å². The molecule has 0 spiro atoms. The molecule has 0 bridgehead atoms. The van der Waals surface area contributed by atoms with Crippen molar-refractivity contribution in [2.75, 3.05) is 35.7 Å². The average Bonchev–Trinajstić information content (AvgIpc) is 3.69. The van der Waals surface area contributed by atoms with Gasteiger partial charge in [-0.25, -0.2) is 19.7 Å². The zero-order valence-corrected chi connectivity index (χ0v) is 24.0. The maximum absolute atomic E-state index is 12.7. The molecule has 2 aliphatic heterocycles. The largest absolute Gasteiger partial charge is 0.447 e. The minimum Gasteiger partial charge on any atom is -0.447 e. The molecule has 5 rings (SSSR count). The number of rotatable bonds is 7. The average molecular weight is 615 g/mol. The molecule has 1 saturated carbocycles. The lowest BCUT2D eigenvalue weighted by Gasteiger charge is -2.27. The number of aromatic nitrogens is 4. The predicted octanol–water partition coefficient (Wildman–Crippen LogP) is 3.52. The maximum atomic E-state index is 12.7. The maximum Gasteiger partial charge on any atom is 0.414 e. The Morgan fingerprint density at radius 1 is 1.21 bits per heavy atom. The van der Waals surface area contributed by atoms with E-state index in [2.05, 4.69) is 26.3 Å². The van der Waals surface area contributed by atoms with E-state index in [1.807, 2.05) is 22.6 Å². The Labute approximate surface area is 242 Å². The third-order valence-corrected chi connectivity index (χ3v) is 8.47. The van der Waals surface area contributed by atoms with Gasteiger partial charge in [0.2, 0.25) is 5.95 Å². The number of hydrogen-bond donors (Lipinski definition) is 2. The molecule has 208 valence electrons. The molecular formula is C24H26Cl3N7O4S. The highest BCUT2D eigenvalue weighted by atomic mass is 35.6. The zero-order chi connectivity index (χ0) is 27.7. The molecule has 0 aromatic carbocycles. The minimum absolute atomic E-state index is 0.130. The van der Waals surface area contributed by atoms with E-state index in [0.717, 1.165) is 23.5 Å². The Kier molecular flexibility index (Phi) is 8.27. The fourth-order valence-electron chi connectivity index (χ4n) is 4.28. The number of alkyl halides is 3.